The summed E-state index contributed by atoms with van der Waals surface area (Å²) in [5, 5.41) is 18.5. The van der Waals surface area contributed by atoms with E-state index in [1.54, 1.807) is 0 Å². The molecule has 0 saturated heterocycles. The Morgan fingerprint density at radius 1 is 0.760 bits per heavy atom. The number of anilines is 2. The van der Waals surface area contributed by atoms with Gasteiger partial charge in [0, 0.05) is 11.1 Å². The molecule has 2 aromatic rings. The monoisotopic (exact) mass is 350 g/mol. The number of nitrogens with two attached hydrogens (primary N) is 2. The van der Waals surface area contributed by atoms with Gasteiger partial charge >= 0.3 is 41.5 Å². The summed E-state index contributed by atoms with van der Waals surface area (Å²) >= 11 is 0. The van der Waals surface area contributed by atoms with Crippen molar-refractivity contribution >= 4 is 64.4 Å². The molecule has 0 unspecified atom stereocenters. The molecule has 0 fully saturated rings. The van der Waals surface area contributed by atoms with E-state index in [4.69, 9.17) is 11.5 Å². The van der Waals surface area contributed by atoms with E-state index in [-0.39, 0.29) is 51.8 Å². The summed E-state index contributed by atoms with van der Waals surface area (Å²) in [6.07, 6.45) is 0. The number of rotatable bonds is 2. The van der Waals surface area contributed by atoms with Gasteiger partial charge in [0.25, 0.3) is 0 Å². The van der Waals surface area contributed by atoms with Crippen LogP contribution in [0.5, 0.6) is 0 Å². The van der Waals surface area contributed by atoms with Crippen LogP contribution in [-0.2, 0) is 0 Å². The Bertz CT molecular complexity index is 905. The maximum atomic E-state index is 12.7. The van der Waals surface area contributed by atoms with Gasteiger partial charge in [-0.2, -0.15) is 0 Å². The molecule has 1 aliphatic rings. The van der Waals surface area contributed by atoms with Gasteiger partial charge in [0.15, 0.2) is 11.6 Å². The van der Waals surface area contributed by atoms with Gasteiger partial charge in [-0.3, -0.25) is 9.59 Å². The number of aromatic carboxylic acids is 2. The Morgan fingerprint density at radius 3 is 1.36 bits per heavy atom. The van der Waals surface area contributed by atoms with Gasteiger partial charge < -0.3 is 21.7 Å². The molecular formula is C16H11N2NaO6. The molecule has 0 bridgehead atoms. The zero-order valence-corrected chi connectivity index (χ0v) is 12.0. The Labute approximate surface area is 162 Å². The van der Waals surface area contributed by atoms with Crippen molar-refractivity contribution in [1.82, 2.24) is 0 Å². The molecule has 0 aromatic heterocycles. The first kappa shape index (κ1) is 18.7. The van der Waals surface area contributed by atoms with Crippen LogP contribution in [0, 0.1) is 0 Å². The molecule has 0 radical (unpaired) electrons. The summed E-state index contributed by atoms with van der Waals surface area (Å²) in [7, 11) is 0. The van der Waals surface area contributed by atoms with Crippen molar-refractivity contribution < 1.29 is 29.4 Å². The van der Waals surface area contributed by atoms with Crippen molar-refractivity contribution in [2.75, 3.05) is 11.5 Å². The molecule has 9 heteroatoms. The number of ketones is 2. The zero-order chi connectivity index (χ0) is 17.8. The second-order valence-corrected chi connectivity index (χ2v) is 5.14. The summed E-state index contributed by atoms with van der Waals surface area (Å²) in [6.45, 7) is 0. The quantitative estimate of drug-likeness (QED) is 0.381. The third kappa shape index (κ3) is 2.51. The normalized spacial score (nSPS) is 12.0. The number of hydrogen-bond donors (Lipinski definition) is 4. The number of carbonyl (C=O) groups is 4. The zero-order valence-electron chi connectivity index (χ0n) is 12.0. The van der Waals surface area contributed by atoms with Crippen LogP contribution in [0.15, 0.2) is 24.3 Å². The van der Waals surface area contributed by atoms with E-state index in [1.807, 2.05) is 0 Å². The number of nitrogen functional groups attached to an aromatic ring is 2. The van der Waals surface area contributed by atoms with Crippen molar-refractivity contribution in [3.05, 3.63) is 57.6 Å². The van der Waals surface area contributed by atoms with Crippen molar-refractivity contribution in [1.29, 1.82) is 0 Å². The van der Waals surface area contributed by atoms with Gasteiger partial charge in [0.1, 0.15) is 0 Å². The van der Waals surface area contributed by atoms with E-state index < -0.39 is 46.0 Å². The van der Waals surface area contributed by atoms with Crippen LogP contribution in [0.1, 0.15) is 52.6 Å². The van der Waals surface area contributed by atoms with Gasteiger partial charge in [0.05, 0.1) is 33.6 Å². The van der Waals surface area contributed by atoms with E-state index >= 15 is 0 Å². The standard InChI is InChI=1S/C16H10N2O6.Na.H/c17-11-7-8(12(18)10(16(23)24)9(11)15(21)22)14(20)6-4-2-1-3-5(6)13(7)19;;/h1-4H,17-18H2,(H,21,22)(H,23,24);;. The molecule has 122 valence electrons. The van der Waals surface area contributed by atoms with Gasteiger partial charge in [-0.25, -0.2) is 9.59 Å². The molecule has 1 aliphatic carbocycles. The Kier molecular flexibility index (Phi) is 4.72. The van der Waals surface area contributed by atoms with Gasteiger partial charge in [0.2, 0.25) is 0 Å². The average Bonchev–Trinajstić information content (AvgIpc) is 2.53. The first-order chi connectivity index (χ1) is 11.3. The Hall–Kier alpha value is -2.68. The fourth-order valence-electron chi connectivity index (χ4n) is 2.85. The van der Waals surface area contributed by atoms with Crippen LogP contribution < -0.4 is 11.5 Å². The summed E-state index contributed by atoms with van der Waals surface area (Å²) in [5.74, 6) is -4.66. The van der Waals surface area contributed by atoms with Crippen LogP contribution in [0.4, 0.5) is 11.4 Å². The molecule has 2 aromatic carbocycles. The average molecular weight is 350 g/mol. The molecule has 3 rings (SSSR count). The molecule has 6 N–H and O–H groups in total. The first-order valence-corrected chi connectivity index (χ1v) is 6.67. The van der Waals surface area contributed by atoms with E-state index in [9.17, 15) is 29.4 Å². The molecule has 0 spiro atoms. The predicted octanol–water partition coefficient (Wildman–Crippen LogP) is 0.374. The van der Waals surface area contributed by atoms with E-state index in [1.165, 1.54) is 24.3 Å². The summed E-state index contributed by atoms with van der Waals surface area (Å²) in [5.41, 5.74) is 8.07. The topological polar surface area (TPSA) is 161 Å². The Morgan fingerprint density at radius 2 is 1.08 bits per heavy atom. The summed E-state index contributed by atoms with van der Waals surface area (Å²) in [4.78, 5) is 48.2. The molecule has 0 heterocycles. The van der Waals surface area contributed by atoms with Crippen molar-refractivity contribution in [3.8, 4) is 0 Å². The SMILES string of the molecule is Nc1c(C(=O)O)c(C(=O)O)c(N)c2c1C(=O)c1ccccc1C2=O.[NaH]. The molecular weight excluding hydrogens is 339 g/mol. The minimum absolute atomic E-state index is 0. The van der Waals surface area contributed by atoms with Crippen LogP contribution >= 0.6 is 0 Å². The summed E-state index contributed by atoms with van der Waals surface area (Å²) in [6, 6.07) is 5.88. The molecule has 0 atom stereocenters. The fourth-order valence-corrected chi connectivity index (χ4v) is 2.85. The van der Waals surface area contributed by atoms with Crippen LogP contribution in [0.3, 0.4) is 0 Å². The number of benzene rings is 2. The van der Waals surface area contributed by atoms with Gasteiger partial charge in [-0.15, -0.1) is 0 Å². The van der Waals surface area contributed by atoms with Gasteiger partial charge in [-0.05, 0) is 0 Å². The fraction of sp³-hybridized carbons (Fsp3) is 0. The van der Waals surface area contributed by atoms with Crippen molar-refractivity contribution in [2.24, 2.45) is 0 Å². The van der Waals surface area contributed by atoms with Crippen molar-refractivity contribution in [2.45, 2.75) is 0 Å². The number of fused-ring (bicyclic) bond motifs is 2. The molecule has 0 aliphatic heterocycles. The predicted molar refractivity (Wildman–Crippen MR) is 89.6 cm³/mol. The van der Waals surface area contributed by atoms with Crippen LogP contribution in [-0.4, -0.2) is 63.3 Å². The van der Waals surface area contributed by atoms with Gasteiger partial charge in [-0.1, -0.05) is 24.3 Å². The first-order valence-electron chi connectivity index (χ1n) is 6.67. The molecule has 0 saturated carbocycles. The maximum absolute atomic E-state index is 12.7. The second kappa shape index (κ2) is 6.32. The third-order valence-electron chi connectivity index (χ3n) is 3.88. The van der Waals surface area contributed by atoms with E-state index in [0.29, 0.717) is 0 Å². The number of carbonyl (C=O) groups excluding carboxylic acids is 2. The van der Waals surface area contributed by atoms with Crippen molar-refractivity contribution in [3.63, 3.8) is 0 Å². The van der Waals surface area contributed by atoms with E-state index in [0.717, 1.165) is 0 Å². The molecule has 8 nitrogen and oxygen atoms in total. The Balaban J connectivity index is 0.00000225. The number of carboxylic acid groups (broad SMARTS) is 2. The third-order valence-corrected chi connectivity index (χ3v) is 3.88. The number of carboxylic acids is 2. The molecule has 25 heavy (non-hydrogen) atoms. The van der Waals surface area contributed by atoms with Crippen LogP contribution in [0.2, 0.25) is 0 Å². The summed E-state index contributed by atoms with van der Waals surface area (Å²) < 4.78 is 0. The molecule has 0 amide bonds. The second-order valence-electron chi connectivity index (χ2n) is 5.14. The number of hydrogen-bond acceptors (Lipinski definition) is 6. The van der Waals surface area contributed by atoms with Crippen LogP contribution in [0.25, 0.3) is 0 Å². The van der Waals surface area contributed by atoms with E-state index in [2.05, 4.69) is 0 Å². The minimum atomic E-state index is -1.65.